The van der Waals surface area contributed by atoms with Crippen molar-refractivity contribution in [1.82, 2.24) is 0 Å². The summed E-state index contributed by atoms with van der Waals surface area (Å²) in [6.07, 6.45) is 4.40. The zero-order valence-corrected chi connectivity index (χ0v) is 11.6. The molecule has 106 valence electrons. The van der Waals surface area contributed by atoms with Crippen molar-refractivity contribution >= 4 is 0 Å². The highest BCUT2D eigenvalue weighted by molar-refractivity contribution is 5.30. The van der Waals surface area contributed by atoms with Gasteiger partial charge in [-0.1, -0.05) is 6.07 Å². The predicted octanol–water partition coefficient (Wildman–Crippen LogP) is 3.18. The molecule has 0 spiro atoms. The summed E-state index contributed by atoms with van der Waals surface area (Å²) >= 11 is 0. The van der Waals surface area contributed by atoms with Crippen LogP contribution in [-0.2, 0) is 4.74 Å². The van der Waals surface area contributed by atoms with Gasteiger partial charge in [0.25, 0.3) is 0 Å². The van der Waals surface area contributed by atoms with Crippen LogP contribution in [0.5, 0.6) is 5.75 Å². The molecule has 1 aromatic carbocycles. The Balaban J connectivity index is 2.01. The fourth-order valence-corrected chi connectivity index (χ4v) is 2.57. The molecule has 1 aliphatic rings. The highest BCUT2D eigenvalue weighted by Crippen LogP contribution is 2.27. The normalized spacial score (nSPS) is 25.1. The van der Waals surface area contributed by atoms with Crippen LogP contribution in [0.2, 0.25) is 0 Å². The van der Waals surface area contributed by atoms with Crippen molar-refractivity contribution in [1.29, 1.82) is 0 Å². The predicted molar refractivity (Wildman–Crippen MR) is 72.7 cm³/mol. The first-order valence-electron chi connectivity index (χ1n) is 6.84. The van der Waals surface area contributed by atoms with Crippen LogP contribution in [0.25, 0.3) is 0 Å². The van der Waals surface area contributed by atoms with Gasteiger partial charge in [0.15, 0.2) is 0 Å². The van der Waals surface area contributed by atoms with Crippen molar-refractivity contribution in [3.05, 3.63) is 29.6 Å². The molecule has 3 unspecified atom stereocenters. The van der Waals surface area contributed by atoms with Crippen molar-refractivity contribution in [3.63, 3.8) is 0 Å². The maximum absolute atomic E-state index is 13.8. The molecular formula is C15H22FNO2. The van der Waals surface area contributed by atoms with Crippen molar-refractivity contribution in [2.45, 2.75) is 50.9 Å². The molecule has 0 heterocycles. The third kappa shape index (κ3) is 3.67. The molecule has 3 atom stereocenters. The number of nitrogens with two attached hydrogens (primary N) is 1. The number of ether oxygens (including phenoxy) is 2. The second-order valence-corrected chi connectivity index (χ2v) is 5.24. The van der Waals surface area contributed by atoms with Crippen LogP contribution in [0.3, 0.4) is 0 Å². The van der Waals surface area contributed by atoms with E-state index in [1.165, 1.54) is 6.07 Å². The number of methoxy groups -OCH3 is 1. The summed E-state index contributed by atoms with van der Waals surface area (Å²) < 4.78 is 25.0. The maximum Gasteiger partial charge on any atom is 0.131 e. The molecule has 2 N–H and O–H groups in total. The summed E-state index contributed by atoms with van der Waals surface area (Å²) in [5, 5.41) is 0. The highest BCUT2D eigenvalue weighted by Gasteiger charge is 2.23. The van der Waals surface area contributed by atoms with E-state index in [0.717, 1.165) is 25.7 Å². The SMILES string of the molecule is COC1CCCC(Oc2ccc(C(C)N)c(F)c2)C1. The smallest absolute Gasteiger partial charge is 0.131 e. The van der Waals surface area contributed by atoms with Crippen LogP contribution >= 0.6 is 0 Å². The van der Waals surface area contributed by atoms with E-state index in [4.69, 9.17) is 15.2 Å². The van der Waals surface area contributed by atoms with E-state index in [-0.39, 0.29) is 24.1 Å². The lowest BCUT2D eigenvalue weighted by Gasteiger charge is -2.28. The first-order chi connectivity index (χ1) is 9.10. The van der Waals surface area contributed by atoms with Gasteiger partial charge in [-0.15, -0.1) is 0 Å². The summed E-state index contributed by atoms with van der Waals surface area (Å²) in [6.45, 7) is 1.77. The monoisotopic (exact) mass is 267 g/mol. The van der Waals surface area contributed by atoms with Gasteiger partial charge in [-0.05, 0) is 32.3 Å². The Labute approximate surface area is 113 Å². The zero-order valence-electron chi connectivity index (χ0n) is 11.6. The molecule has 4 heteroatoms. The Bertz CT molecular complexity index is 423. The third-order valence-corrected chi connectivity index (χ3v) is 3.68. The fourth-order valence-electron chi connectivity index (χ4n) is 2.57. The number of rotatable bonds is 4. The Morgan fingerprint density at radius 1 is 1.32 bits per heavy atom. The fraction of sp³-hybridized carbons (Fsp3) is 0.600. The van der Waals surface area contributed by atoms with E-state index in [9.17, 15) is 4.39 Å². The van der Waals surface area contributed by atoms with Gasteiger partial charge in [0.05, 0.1) is 6.10 Å². The Morgan fingerprint density at radius 3 is 2.68 bits per heavy atom. The molecule has 0 amide bonds. The van der Waals surface area contributed by atoms with Gasteiger partial charge in [-0.3, -0.25) is 0 Å². The summed E-state index contributed by atoms with van der Waals surface area (Å²) in [4.78, 5) is 0. The minimum Gasteiger partial charge on any atom is -0.490 e. The molecule has 0 aliphatic heterocycles. The number of hydrogen-bond donors (Lipinski definition) is 1. The average Bonchev–Trinajstić information content (AvgIpc) is 2.38. The summed E-state index contributed by atoms with van der Waals surface area (Å²) in [5.74, 6) is 0.273. The average molecular weight is 267 g/mol. The van der Waals surface area contributed by atoms with Crippen LogP contribution in [0.15, 0.2) is 18.2 Å². The first kappa shape index (κ1) is 14.3. The standard InChI is InChI=1S/C15H22FNO2/c1-10(17)14-7-6-13(9-15(14)16)19-12-5-3-4-11(8-12)18-2/h6-7,9-12H,3-5,8,17H2,1-2H3. The lowest BCUT2D eigenvalue weighted by molar-refractivity contribution is 0.0209. The van der Waals surface area contributed by atoms with E-state index >= 15 is 0 Å². The van der Waals surface area contributed by atoms with Gasteiger partial charge in [-0.2, -0.15) is 0 Å². The van der Waals surface area contributed by atoms with Crippen molar-refractivity contribution < 1.29 is 13.9 Å². The van der Waals surface area contributed by atoms with E-state index in [1.54, 1.807) is 26.2 Å². The molecule has 0 saturated heterocycles. The molecule has 0 aromatic heterocycles. The Hall–Kier alpha value is -1.13. The summed E-state index contributed by atoms with van der Waals surface area (Å²) in [7, 11) is 1.73. The van der Waals surface area contributed by atoms with Crippen LogP contribution in [0, 0.1) is 5.82 Å². The molecule has 19 heavy (non-hydrogen) atoms. The number of halogens is 1. The van der Waals surface area contributed by atoms with Gasteiger partial charge in [-0.25, -0.2) is 4.39 Å². The second-order valence-electron chi connectivity index (χ2n) is 5.24. The summed E-state index contributed by atoms with van der Waals surface area (Å²) in [5.41, 5.74) is 6.21. The van der Waals surface area contributed by atoms with E-state index in [1.807, 2.05) is 0 Å². The van der Waals surface area contributed by atoms with Crippen molar-refractivity contribution in [3.8, 4) is 5.75 Å². The largest absolute Gasteiger partial charge is 0.490 e. The van der Waals surface area contributed by atoms with E-state index in [0.29, 0.717) is 11.3 Å². The number of benzene rings is 1. The van der Waals surface area contributed by atoms with Gasteiger partial charge in [0.2, 0.25) is 0 Å². The van der Waals surface area contributed by atoms with Crippen LogP contribution < -0.4 is 10.5 Å². The lowest BCUT2D eigenvalue weighted by atomic mass is 9.95. The molecule has 1 saturated carbocycles. The molecular weight excluding hydrogens is 245 g/mol. The minimum atomic E-state index is -0.304. The zero-order chi connectivity index (χ0) is 13.8. The summed E-state index contributed by atoms with van der Waals surface area (Å²) in [6, 6.07) is 4.61. The quantitative estimate of drug-likeness (QED) is 0.911. The first-order valence-corrected chi connectivity index (χ1v) is 6.84. The maximum atomic E-state index is 13.8. The van der Waals surface area contributed by atoms with Gasteiger partial charge in [0.1, 0.15) is 17.7 Å². The van der Waals surface area contributed by atoms with Crippen LogP contribution in [0.4, 0.5) is 4.39 Å². The molecule has 1 aromatic rings. The minimum absolute atomic E-state index is 0.110. The topological polar surface area (TPSA) is 44.5 Å². The molecule has 3 nitrogen and oxygen atoms in total. The lowest BCUT2D eigenvalue weighted by Crippen LogP contribution is -2.29. The molecule has 1 fully saturated rings. The molecule has 2 rings (SSSR count). The molecule has 0 radical (unpaired) electrons. The Morgan fingerprint density at radius 2 is 2.05 bits per heavy atom. The van der Waals surface area contributed by atoms with Crippen molar-refractivity contribution in [2.75, 3.05) is 7.11 Å². The molecule has 0 bridgehead atoms. The third-order valence-electron chi connectivity index (χ3n) is 3.68. The van der Waals surface area contributed by atoms with Crippen LogP contribution in [-0.4, -0.2) is 19.3 Å². The van der Waals surface area contributed by atoms with Crippen LogP contribution in [0.1, 0.15) is 44.2 Å². The van der Waals surface area contributed by atoms with Gasteiger partial charge >= 0.3 is 0 Å². The Kier molecular flexibility index (Phi) is 4.77. The van der Waals surface area contributed by atoms with E-state index < -0.39 is 0 Å². The van der Waals surface area contributed by atoms with Gasteiger partial charge in [0, 0.05) is 31.2 Å². The van der Waals surface area contributed by atoms with Crippen molar-refractivity contribution in [2.24, 2.45) is 5.73 Å². The second kappa shape index (κ2) is 6.35. The van der Waals surface area contributed by atoms with E-state index in [2.05, 4.69) is 0 Å². The highest BCUT2D eigenvalue weighted by atomic mass is 19.1. The van der Waals surface area contributed by atoms with Gasteiger partial charge < -0.3 is 15.2 Å². The molecule has 1 aliphatic carbocycles. The number of hydrogen-bond acceptors (Lipinski definition) is 3.